The highest BCUT2D eigenvalue weighted by Crippen LogP contribution is 2.19. The van der Waals surface area contributed by atoms with Crippen LogP contribution in [0.5, 0.6) is 0 Å². The molecule has 0 saturated carbocycles. The minimum absolute atomic E-state index is 0.114. The molecule has 0 unspecified atom stereocenters. The summed E-state index contributed by atoms with van der Waals surface area (Å²) in [6, 6.07) is 6.74. The predicted molar refractivity (Wildman–Crippen MR) is 75.4 cm³/mol. The van der Waals surface area contributed by atoms with E-state index in [0.29, 0.717) is 4.90 Å². The van der Waals surface area contributed by atoms with Crippen molar-refractivity contribution in [3.8, 4) is 0 Å². The number of aryl methyl sites for hydroxylation is 1. The van der Waals surface area contributed by atoms with E-state index in [1.807, 2.05) is 17.8 Å². The van der Waals surface area contributed by atoms with Crippen LogP contribution in [0.4, 0.5) is 11.4 Å². The van der Waals surface area contributed by atoms with Gasteiger partial charge in [-0.25, -0.2) is 8.42 Å². The molecule has 0 spiro atoms. The van der Waals surface area contributed by atoms with Crippen molar-refractivity contribution in [2.24, 2.45) is 0 Å². The molecule has 0 aliphatic rings. The van der Waals surface area contributed by atoms with Crippen LogP contribution in [-0.2, 0) is 16.4 Å². The minimum Gasteiger partial charge on any atom is -0.353 e. The van der Waals surface area contributed by atoms with Gasteiger partial charge in [0.2, 0.25) is 0 Å². The Balaban J connectivity index is 2.15. The lowest BCUT2D eigenvalue weighted by atomic mass is 10.3. The van der Waals surface area contributed by atoms with Crippen LogP contribution in [0.15, 0.2) is 41.6 Å². The van der Waals surface area contributed by atoms with E-state index >= 15 is 0 Å². The zero-order valence-electron chi connectivity index (χ0n) is 11.0. The van der Waals surface area contributed by atoms with E-state index in [4.69, 9.17) is 0 Å². The Morgan fingerprint density at radius 3 is 2.37 bits per heavy atom. The summed E-state index contributed by atoms with van der Waals surface area (Å²) in [4.78, 5) is 0.352. The lowest BCUT2D eigenvalue weighted by molar-refractivity contribution is 0.597. The Morgan fingerprint density at radius 1 is 1.16 bits per heavy atom. The third-order valence-corrected chi connectivity index (χ3v) is 4.59. The van der Waals surface area contributed by atoms with Gasteiger partial charge in [-0.15, -0.1) is 0 Å². The average molecular weight is 279 g/mol. The largest absolute Gasteiger partial charge is 0.353 e. The molecular weight excluding hydrogens is 262 g/mol. The van der Waals surface area contributed by atoms with E-state index in [1.54, 1.807) is 37.4 Å². The van der Waals surface area contributed by atoms with Crippen molar-refractivity contribution in [1.82, 2.24) is 9.78 Å². The molecule has 2 rings (SSSR count). The number of nitrogens with one attached hydrogen (secondary N) is 1. The molecule has 1 aromatic carbocycles. The van der Waals surface area contributed by atoms with Crippen molar-refractivity contribution in [2.75, 3.05) is 11.1 Å². The highest BCUT2D eigenvalue weighted by atomic mass is 32.2. The first-order valence-corrected chi connectivity index (χ1v) is 7.82. The fourth-order valence-corrected chi connectivity index (χ4v) is 2.56. The molecule has 19 heavy (non-hydrogen) atoms. The number of aromatic nitrogens is 2. The van der Waals surface area contributed by atoms with Crippen molar-refractivity contribution in [2.45, 2.75) is 25.3 Å². The van der Waals surface area contributed by atoms with Crippen molar-refractivity contribution in [3.05, 3.63) is 36.7 Å². The normalized spacial score (nSPS) is 11.5. The van der Waals surface area contributed by atoms with Crippen LogP contribution in [0.25, 0.3) is 0 Å². The lowest BCUT2D eigenvalue weighted by Gasteiger charge is -2.05. The van der Waals surface area contributed by atoms with Crippen LogP contribution in [0.2, 0.25) is 0 Å². The third-order valence-electron chi connectivity index (χ3n) is 2.84. The number of hydrogen-bond donors (Lipinski definition) is 1. The molecule has 0 atom stereocenters. The van der Waals surface area contributed by atoms with Crippen molar-refractivity contribution >= 4 is 21.2 Å². The van der Waals surface area contributed by atoms with Crippen LogP contribution in [0.1, 0.15) is 13.8 Å². The first-order chi connectivity index (χ1) is 9.05. The number of benzene rings is 1. The van der Waals surface area contributed by atoms with Crippen LogP contribution >= 0.6 is 0 Å². The van der Waals surface area contributed by atoms with Gasteiger partial charge in [-0.2, -0.15) is 5.10 Å². The summed E-state index contributed by atoms with van der Waals surface area (Å²) >= 11 is 0. The molecule has 2 aromatic rings. The van der Waals surface area contributed by atoms with Crippen molar-refractivity contribution in [1.29, 1.82) is 0 Å². The number of sulfone groups is 1. The van der Waals surface area contributed by atoms with Crippen molar-refractivity contribution < 1.29 is 8.42 Å². The van der Waals surface area contributed by atoms with Crippen molar-refractivity contribution in [3.63, 3.8) is 0 Å². The van der Waals surface area contributed by atoms with Crippen LogP contribution in [0.3, 0.4) is 0 Å². The van der Waals surface area contributed by atoms with Crippen LogP contribution in [0, 0.1) is 0 Å². The molecule has 0 aliphatic heterocycles. The van der Waals surface area contributed by atoms with Gasteiger partial charge >= 0.3 is 0 Å². The number of hydrogen-bond acceptors (Lipinski definition) is 4. The highest BCUT2D eigenvalue weighted by molar-refractivity contribution is 7.91. The summed E-state index contributed by atoms with van der Waals surface area (Å²) in [6.45, 7) is 4.47. The molecule has 6 heteroatoms. The summed E-state index contributed by atoms with van der Waals surface area (Å²) in [5.41, 5.74) is 1.72. The van der Waals surface area contributed by atoms with Gasteiger partial charge in [0.1, 0.15) is 0 Å². The number of anilines is 2. The second kappa shape index (κ2) is 5.44. The van der Waals surface area contributed by atoms with Gasteiger partial charge in [0.15, 0.2) is 9.84 Å². The quantitative estimate of drug-likeness (QED) is 0.913. The van der Waals surface area contributed by atoms with E-state index in [9.17, 15) is 8.42 Å². The maximum atomic E-state index is 11.7. The average Bonchev–Trinajstić information content (AvgIpc) is 2.87. The van der Waals surface area contributed by atoms with E-state index in [0.717, 1.165) is 17.9 Å². The molecule has 0 saturated heterocycles. The van der Waals surface area contributed by atoms with Gasteiger partial charge in [0, 0.05) is 18.4 Å². The fraction of sp³-hybridized carbons (Fsp3) is 0.308. The van der Waals surface area contributed by atoms with Gasteiger partial charge in [-0.3, -0.25) is 4.68 Å². The Hall–Kier alpha value is -1.82. The summed E-state index contributed by atoms with van der Waals surface area (Å²) in [7, 11) is -3.13. The lowest BCUT2D eigenvalue weighted by Crippen LogP contribution is -2.03. The maximum absolute atomic E-state index is 11.7. The molecule has 1 N–H and O–H groups in total. The smallest absolute Gasteiger partial charge is 0.178 e. The first-order valence-electron chi connectivity index (χ1n) is 6.17. The molecule has 0 aliphatic carbocycles. The molecule has 0 amide bonds. The molecule has 0 bridgehead atoms. The molecule has 1 aromatic heterocycles. The molecule has 0 fully saturated rings. The molecule has 1 heterocycles. The zero-order chi connectivity index (χ0) is 13.9. The van der Waals surface area contributed by atoms with Gasteiger partial charge in [0.25, 0.3) is 0 Å². The monoisotopic (exact) mass is 279 g/mol. The fourth-order valence-electron chi connectivity index (χ4n) is 1.68. The van der Waals surface area contributed by atoms with E-state index in [-0.39, 0.29) is 5.75 Å². The topological polar surface area (TPSA) is 64.0 Å². The van der Waals surface area contributed by atoms with E-state index in [1.165, 1.54) is 0 Å². The number of rotatable bonds is 5. The summed E-state index contributed by atoms with van der Waals surface area (Å²) < 4.78 is 25.2. The summed E-state index contributed by atoms with van der Waals surface area (Å²) in [5.74, 6) is 0.114. The second-order valence-electron chi connectivity index (χ2n) is 4.14. The Morgan fingerprint density at radius 2 is 1.84 bits per heavy atom. The molecule has 0 radical (unpaired) electrons. The molecule has 102 valence electrons. The summed E-state index contributed by atoms with van der Waals surface area (Å²) in [5, 5.41) is 7.34. The van der Waals surface area contributed by atoms with Gasteiger partial charge in [0.05, 0.1) is 22.5 Å². The Kier molecular flexibility index (Phi) is 3.90. The van der Waals surface area contributed by atoms with E-state index < -0.39 is 9.84 Å². The Bertz CT molecular complexity index is 645. The first kappa shape index (κ1) is 13.6. The summed E-state index contributed by atoms with van der Waals surface area (Å²) in [6.07, 6.45) is 3.64. The van der Waals surface area contributed by atoms with Crippen LogP contribution < -0.4 is 5.32 Å². The maximum Gasteiger partial charge on any atom is 0.178 e. The Labute approximate surface area is 113 Å². The van der Waals surface area contributed by atoms with Gasteiger partial charge < -0.3 is 5.32 Å². The van der Waals surface area contributed by atoms with Gasteiger partial charge in [-0.05, 0) is 31.2 Å². The zero-order valence-corrected chi connectivity index (χ0v) is 11.8. The van der Waals surface area contributed by atoms with Gasteiger partial charge in [-0.1, -0.05) is 6.92 Å². The van der Waals surface area contributed by atoms with E-state index in [2.05, 4.69) is 10.4 Å². The predicted octanol–water partition coefficient (Wildman–Crippen LogP) is 2.44. The number of nitrogens with zero attached hydrogens (tertiary/aromatic N) is 2. The van der Waals surface area contributed by atoms with Crippen LogP contribution in [-0.4, -0.2) is 24.0 Å². The second-order valence-corrected chi connectivity index (χ2v) is 6.42. The standard InChI is InChI=1S/C13H17N3O2S/c1-3-16-10-12(9-14-16)15-11-5-7-13(8-6-11)19(17,18)4-2/h5-10,15H,3-4H2,1-2H3. The molecule has 5 nitrogen and oxygen atoms in total. The molecular formula is C13H17N3O2S. The third kappa shape index (κ3) is 3.14. The highest BCUT2D eigenvalue weighted by Gasteiger charge is 2.10. The minimum atomic E-state index is -3.13. The SMILES string of the molecule is CCn1cc(Nc2ccc(S(=O)(=O)CC)cc2)cn1.